The van der Waals surface area contributed by atoms with E-state index in [1.165, 1.54) is 4.90 Å². The first-order valence-electron chi connectivity index (χ1n) is 19.8. The Morgan fingerprint density at radius 1 is 0.717 bits per heavy atom. The minimum atomic E-state index is -0.547. The lowest BCUT2D eigenvalue weighted by Crippen LogP contribution is -2.44. The van der Waals surface area contributed by atoms with E-state index < -0.39 is 23.2 Å². The third kappa shape index (κ3) is 33.7. The van der Waals surface area contributed by atoms with Gasteiger partial charge in [0.15, 0.2) is 0 Å². The first-order chi connectivity index (χ1) is 24.9. The van der Waals surface area contributed by atoms with Crippen LogP contribution < -0.4 is 16.0 Å². The zero-order valence-electron chi connectivity index (χ0n) is 36.7. The monoisotopic (exact) mass is 763 g/mol. The molecule has 0 aromatic heterocycles. The summed E-state index contributed by atoms with van der Waals surface area (Å²) in [6.07, 6.45) is 2.12. The van der Waals surface area contributed by atoms with Crippen molar-refractivity contribution in [1.82, 2.24) is 20.9 Å². The second-order valence-electron chi connectivity index (χ2n) is 14.0. The highest BCUT2D eigenvalue weighted by atomic mass is 16.5. The van der Waals surface area contributed by atoms with Crippen LogP contribution in [0.15, 0.2) is 0 Å². The molecule has 2 atom stereocenters. The number of aldehydes is 1. The van der Waals surface area contributed by atoms with Crippen molar-refractivity contribution in [2.24, 2.45) is 17.8 Å². The molecule has 0 aliphatic heterocycles. The van der Waals surface area contributed by atoms with E-state index in [0.29, 0.717) is 25.6 Å². The van der Waals surface area contributed by atoms with E-state index in [-0.39, 0.29) is 88.2 Å². The van der Waals surface area contributed by atoms with Crippen LogP contribution in [-0.2, 0) is 42.9 Å². The van der Waals surface area contributed by atoms with Gasteiger partial charge in [0.2, 0.25) is 23.6 Å². The van der Waals surface area contributed by atoms with Gasteiger partial charge in [0.05, 0.1) is 43.7 Å². The molecule has 13 heteroatoms. The van der Waals surface area contributed by atoms with Gasteiger partial charge in [-0.3, -0.25) is 19.2 Å². The average Bonchev–Trinajstić information content (AvgIpc) is 3.13. The summed E-state index contributed by atoms with van der Waals surface area (Å²) in [6.45, 7) is 29.6. The average molecular weight is 763 g/mol. The van der Waals surface area contributed by atoms with Crippen molar-refractivity contribution in [1.29, 1.82) is 0 Å². The van der Waals surface area contributed by atoms with Crippen molar-refractivity contribution in [2.75, 3.05) is 66.8 Å². The van der Waals surface area contributed by atoms with E-state index in [1.54, 1.807) is 14.2 Å². The van der Waals surface area contributed by atoms with Gasteiger partial charge in [-0.1, -0.05) is 69.2 Å². The highest BCUT2D eigenvalue weighted by Gasteiger charge is 2.25. The number of carbonyl (C=O) groups excluding carboxylic acids is 5. The summed E-state index contributed by atoms with van der Waals surface area (Å²) in [5, 5.41) is 8.56. The van der Waals surface area contributed by atoms with Gasteiger partial charge in [0.1, 0.15) is 6.29 Å². The van der Waals surface area contributed by atoms with Gasteiger partial charge in [-0.2, -0.15) is 0 Å². The Balaban J connectivity index is -0.00000189. The SMILES string of the molecule is CC.CC.CC.COC(C)(C)CNC(=O)CCOCC(COCCC(=O)NCC(C)(C)OCCC(C)C)NC(=O)CCN(C)C(=O)C(CC=O)C(C)C. The Morgan fingerprint density at radius 3 is 1.60 bits per heavy atom. The number of hydrogen-bond donors (Lipinski definition) is 3. The van der Waals surface area contributed by atoms with Crippen LogP contribution in [-0.4, -0.2) is 119 Å². The summed E-state index contributed by atoms with van der Waals surface area (Å²) in [7, 11) is 3.19. The van der Waals surface area contributed by atoms with Crippen molar-refractivity contribution < 1.29 is 42.9 Å². The fourth-order valence-electron chi connectivity index (χ4n) is 4.13. The van der Waals surface area contributed by atoms with Crippen LogP contribution in [0.2, 0.25) is 0 Å². The van der Waals surface area contributed by atoms with Crippen molar-refractivity contribution >= 4 is 29.9 Å². The molecule has 0 spiro atoms. The molecule has 3 N–H and O–H groups in total. The predicted octanol–water partition coefficient (Wildman–Crippen LogP) is 5.57. The fourth-order valence-corrected chi connectivity index (χ4v) is 4.13. The first kappa shape index (κ1) is 57.1. The molecule has 316 valence electrons. The smallest absolute Gasteiger partial charge is 0.226 e. The van der Waals surface area contributed by atoms with Gasteiger partial charge >= 0.3 is 0 Å². The van der Waals surface area contributed by atoms with Crippen LogP contribution in [0.4, 0.5) is 0 Å². The molecule has 0 aliphatic carbocycles. The maximum atomic E-state index is 12.8. The van der Waals surface area contributed by atoms with Crippen LogP contribution in [0.25, 0.3) is 0 Å². The van der Waals surface area contributed by atoms with Gasteiger partial charge < -0.3 is 44.6 Å². The number of rotatable bonds is 27. The van der Waals surface area contributed by atoms with Crippen LogP contribution in [0.5, 0.6) is 0 Å². The molecule has 0 saturated carbocycles. The Labute approximate surface area is 324 Å². The van der Waals surface area contributed by atoms with Crippen LogP contribution in [0.3, 0.4) is 0 Å². The fraction of sp³-hybridized carbons (Fsp3) is 0.875. The van der Waals surface area contributed by atoms with Crippen molar-refractivity contribution in [3.8, 4) is 0 Å². The predicted molar refractivity (Wildman–Crippen MR) is 215 cm³/mol. The summed E-state index contributed by atoms with van der Waals surface area (Å²) >= 11 is 0. The van der Waals surface area contributed by atoms with Gasteiger partial charge in [0, 0.05) is 72.0 Å². The molecule has 0 heterocycles. The van der Waals surface area contributed by atoms with Crippen molar-refractivity contribution in [3.05, 3.63) is 0 Å². The molecule has 0 aromatic carbocycles. The molecule has 4 amide bonds. The maximum absolute atomic E-state index is 12.8. The van der Waals surface area contributed by atoms with E-state index in [4.69, 9.17) is 18.9 Å². The molecule has 0 radical (unpaired) electrons. The highest BCUT2D eigenvalue weighted by molar-refractivity contribution is 5.82. The second kappa shape index (κ2) is 35.1. The van der Waals surface area contributed by atoms with E-state index in [2.05, 4.69) is 29.8 Å². The number of nitrogens with zero attached hydrogens (tertiary/aromatic N) is 1. The molecule has 0 fully saturated rings. The Hall–Kier alpha value is -2.61. The molecule has 0 bridgehead atoms. The minimum absolute atomic E-state index is 0.00664. The zero-order chi connectivity index (χ0) is 42.0. The number of carbonyl (C=O) groups is 5. The maximum Gasteiger partial charge on any atom is 0.226 e. The summed E-state index contributed by atoms with van der Waals surface area (Å²) in [5.41, 5.74) is -0.974. The van der Waals surface area contributed by atoms with Crippen LogP contribution in [0.1, 0.15) is 129 Å². The van der Waals surface area contributed by atoms with Crippen molar-refractivity contribution in [3.63, 3.8) is 0 Å². The lowest BCUT2D eigenvalue weighted by atomic mass is 9.92. The lowest BCUT2D eigenvalue weighted by molar-refractivity contribution is -0.137. The Kier molecular flexibility index (Phi) is 37.8. The third-order valence-corrected chi connectivity index (χ3v) is 7.64. The van der Waals surface area contributed by atoms with E-state index >= 15 is 0 Å². The molecule has 0 saturated heterocycles. The third-order valence-electron chi connectivity index (χ3n) is 7.64. The topological polar surface area (TPSA) is 162 Å². The number of hydrogen-bond acceptors (Lipinski definition) is 9. The number of amides is 4. The molecule has 13 nitrogen and oxygen atoms in total. The van der Waals surface area contributed by atoms with Crippen LogP contribution >= 0.6 is 0 Å². The largest absolute Gasteiger partial charge is 0.379 e. The second-order valence-corrected chi connectivity index (χ2v) is 14.0. The number of methoxy groups -OCH3 is 1. The molecule has 0 aliphatic rings. The molecular formula is C40H82N4O9. The molecular weight excluding hydrogens is 680 g/mol. The highest BCUT2D eigenvalue weighted by Crippen LogP contribution is 2.17. The number of nitrogens with one attached hydrogen (secondary N) is 3. The summed E-state index contributed by atoms with van der Waals surface area (Å²) in [5.74, 6) is -0.756. The van der Waals surface area contributed by atoms with Crippen LogP contribution in [0, 0.1) is 17.8 Å². The van der Waals surface area contributed by atoms with Gasteiger partial charge in [-0.25, -0.2) is 0 Å². The molecule has 2 unspecified atom stereocenters. The van der Waals surface area contributed by atoms with Gasteiger partial charge in [-0.15, -0.1) is 0 Å². The quantitative estimate of drug-likeness (QED) is 0.0718. The van der Waals surface area contributed by atoms with Gasteiger partial charge in [-0.05, 0) is 46.0 Å². The normalized spacial score (nSPS) is 12.1. The van der Waals surface area contributed by atoms with E-state index in [1.807, 2.05) is 83.1 Å². The van der Waals surface area contributed by atoms with E-state index in [9.17, 15) is 24.0 Å². The molecule has 0 aromatic rings. The molecule has 53 heavy (non-hydrogen) atoms. The summed E-state index contributed by atoms with van der Waals surface area (Å²) < 4.78 is 22.6. The zero-order valence-corrected chi connectivity index (χ0v) is 36.7. The first-order valence-corrected chi connectivity index (χ1v) is 19.8. The Morgan fingerprint density at radius 2 is 1.19 bits per heavy atom. The number of ether oxygens (including phenoxy) is 4. The standard InChI is InChI=1S/C34H64N4O9.3C2H6/c1-25(2)13-20-47-34(7,8)24-36-30(41)15-19-46-22-27(21-45-18-14-29(40)35-23-33(5,6)44-10)37-31(42)11-16-38(9)32(43)28(12-17-39)26(3)4;3*1-2/h17,25-28H,11-16,18-24H2,1-10H3,(H,35,40)(H,36,41)(H,37,42);3*1-2H3. The summed E-state index contributed by atoms with van der Waals surface area (Å²) in [6, 6.07) is -0.547. The van der Waals surface area contributed by atoms with Gasteiger partial charge in [0.25, 0.3) is 0 Å². The Bertz CT molecular complexity index is 943. The summed E-state index contributed by atoms with van der Waals surface area (Å²) in [4.78, 5) is 62.7. The van der Waals surface area contributed by atoms with E-state index in [0.717, 1.165) is 12.7 Å². The minimum Gasteiger partial charge on any atom is -0.379 e. The lowest BCUT2D eigenvalue weighted by Gasteiger charge is -2.26. The van der Waals surface area contributed by atoms with Crippen molar-refractivity contribution in [2.45, 2.75) is 146 Å². The molecule has 0 rings (SSSR count).